The van der Waals surface area contributed by atoms with Crippen LogP contribution in [0.4, 0.5) is 4.39 Å². The fraction of sp³-hybridized carbons (Fsp3) is 0.944. The Morgan fingerprint density at radius 2 is 2.15 bits per heavy atom. The van der Waals surface area contributed by atoms with Crippen molar-refractivity contribution in [3.8, 4) is 0 Å². The zero-order valence-electron chi connectivity index (χ0n) is 15.9. The SMILES string of the molecule is O=C(NC1CNN(CC2CCCC(F)C2)C1)C1CC(C2CNCCN2)ON1. The topological polar surface area (TPSA) is 89.7 Å². The summed E-state index contributed by atoms with van der Waals surface area (Å²) in [6, 6.07) is 0.0125. The van der Waals surface area contributed by atoms with Gasteiger partial charge in [-0.3, -0.25) is 15.1 Å². The van der Waals surface area contributed by atoms with Gasteiger partial charge in [-0.2, -0.15) is 5.48 Å². The van der Waals surface area contributed by atoms with Gasteiger partial charge in [0, 0.05) is 51.7 Å². The van der Waals surface area contributed by atoms with Crippen molar-refractivity contribution in [3.63, 3.8) is 0 Å². The molecule has 9 heteroatoms. The van der Waals surface area contributed by atoms with Gasteiger partial charge in [0.15, 0.2) is 0 Å². The Balaban J connectivity index is 1.18. The van der Waals surface area contributed by atoms with Gasteiger partial charge < -0.3 is 16.0 Å². The van der Waals surface area contributed by atoms with Crippen LogP contribution in [0.25, 0.3) is 0 Å². The second kappa shape index (κ2) is 9.11. The van der Waals surface area contributed by atoms with Gasteiger partial charge in [-0.05, 0) is 25.2 Å². The molecular formula is C18H33FN6O2. The van der Waals surface area contributed by atoms with E-state index in [1.807, 2.05) is 0 Å². The first-order valence-electron chi connectivity index (χ1n) is 10.5. The average molecular weight is 385 g/mol. The molecule has 4 rings (SSSR count). The van der Waals surface area contributed by atoms with Crippen molar-refractivity contribution in [2.45, 2.75) is 62.5 Å². The lowest BCUT2D eigenvalue weighted by atomic mass is 9.88. The molecule has 6 atom stereocenters. The first kappa shape index (κ1) is 19.5. The molecule has 0 radical (unpaired) electrons. The number of nitrogens with one attached hydrogen (secondary N) is 5. The second-order valence-corrected chi connectivity index (χ2v) is 8.43. The first-order valence-corrected chi connectivity index (χ1v) is 10.5. The first-order chi connectivity index (χ1) is 13.2. The zero-order valence-corrected chi connectivity index (χ0v) is 15.9. The van der Waals surface area contributed by atoms with Gasteiger partial charge in [0.2, 0.25) is 5.91 Å². The smallest absolute Gasteiger partial charge is 0.239 e. The van der Waals surface area contributed by atoms with Crippen LogP contribution in [0.15, 0.2) is 0 Å². The molecule has 0 aromatic rings. The molecule has 0 bridgehead atoms. The molecule has 0 spiro atoms. The maximum atomic E-state index is 13.6. The Morgan fingerprint density at radius 1 is 1.22 bits per heavy atom. The Labute approximate surface area is 160 Å². The van der Waals surface area contributed by atoms with E-state index in [4.69, 9.17) is 4.84 Å². The van der Waals surface area contributed by atoms with Gasteiger partial charge in [0.1, 0.15) is 12.2 Å². The maximum Gasteiger partial charge on any atom is 0.239 e. The summed E-state index contributed by atoms with van der Waals surface area (Å²) in [6.07, 6.45) is 3.51. The molecule has 3 heterocycles. The maximum absolute atomic E-state index is 13.6. The quantitative estimate of drug-likeness (QED) is 0.417. The summed E-state index contributed by atoms with van der Waals surface area (Å²) < 4.78 is 13.6. The van der Waals surface area contributed by atoms with Crippen molar-refractivity contribution in [2.24, 2.45) is 5.92 Å². The van der Waals surface area contributed by atoms with Crippen LogP contribution in [0.3, 0.4) is 0 Å². The van der Waals surface area contributed by atoms with E-state index in [0.717, 1.165) is 52.1 Å². The van der Waals surface area contributed by atoms with Gasteiger partial charge in [0.25, 0.3) is 0 Å². The van der Waals surface area contributed by atoms with Crippen molar-refractivity contribution in [1.82, 2.24) is 31.9 Å². The minimum atomic E-state index is -0.642. The van der Waals surface area contributed by atoms with E-state index in [0.29, 0.717) is 25.2 Å². The molecule has 3 saturated heterocycles. The summed E-state index contributed by atoms with van der Waals surface area (Å²) in [5.74, 6) is 0.411. The molecule has 3 aliphatic heterocycles. The molecule has 0 aromatic heterocycles. The Morgan fingerprint density at radius 3 is 2.96 bits per heavy atom. The summed E-state index contributed by atoms with van der Waals surface area (Å²) >= 11 is 0. The highest BCUT2D eigenvalue weighted by Gasteiger charge is 2.37. The third-order valence-electron chi connectivity index (χ3n) is 6.21. The number of piperazine rings is 1. The van der Waals surface area contributed by atoms with Crippen LogP contribution in [-0.2, 0) is 9.63 Å². The molecule has 27 heavy (non-hydrogen) atoms. The van der Waals surface area contributed by atoms with Crippen molar-refractivity contribution >= 4 is 5.91 Å². The predicted octanol–water partition coefficient (Wildman–Crippen LogP) is -0.957. The molecule has 1 aliphatic carbocycles. The van der Waals surface area contributed by atoms with Gasteiger partial charge >= 0.3 is 0 Å². The standard InChI is InChI=1S/C18H33FN6O2/c19-13-3-1-2-12(6-13)10-25-11-14(8-22-25)23-18(26)15-7-17(27-24-15)16-9-20-4-5-21-16/h12-17,20-22,24H,1-11H2,(H,23,26). The van der Waals surface area contributed by atoms with E-state index in [9.17, 15) is 9.18 Å². The van der Waals surface area contributed by atoms with Crippen LogP contribution in [0.1, 0.15) is 32.1 Å². The number of hydroxylamine groups is 1. The highest BCUT2D eigenvalue weighted by atomic mass is 19.1. The fourth-order valence-corrected chi connectivity index (χ4v) is 4.72. The lowest BCUT2D eigenvalue weighted by Crippen LogP contribution is -2.54. The van der Waals surface area contributed by atoms with Crippen molar-refractivity contribution in [1.29, 1.82) is 0 Å². The molecule has 1 amide bonds. The van der Waals surface area contributed by atoms with Crippen molar-refractivity contribution in [2.75, 3.05) is 39.3 Å². The molecule has 0 aromatic carbocycles. The molecule has 6 unspecified atom stereocenters. The molecule has 4 fully saturated rings. The number of rotatable bonds is 5. The largest absolute Gasteiger partial charge is 0.349 e. The van der Waals surface area contributed by atoms with Crippen LogP contribution >= 0.6 is 0 Å². The molecular weight excluding hydrogens is 351 g/mol. The normalized spacial score (nSPS) is 40.9. The second-order valence-electron chi connectivity index (χ2n) is 8.43. The number of hydrazine groups is 1. The van der Waals surface area contributed by atoms with E-state index in [2.05, 4.69) is 31.9 Å². The van der Waals surface area contributed by atoms with E-state index in [1.54, 1.807) is 0 Å². The Bertz CT molecular complexity index is 506. The fourth-order valence-electron chi connectivity index (χ4n) is 4.72. The lowest BCUT2D eigenvalue weighted by Gasteiger charge is -2.28. The van der Waals surface area contributed by atoms with Gasteiger partial charge in [-0.1, -0.05) is 6.42 Å². The average Bonchev–Trinajstić information content (AvgIpc) is 3.32. The molecule has 1 saturated carbocycles. The van der Waals surface area contributed by atoms with Crippen LogP contribution in [0.5, 0.6) is 0 Å². The molecule has 8 nitrogen and oxygen atoms in total. The molecule has 4 aliphatic rings. The minimum absolute atomic E-state index is 0.00333. The number of carbonyl (C=O) groups excluding carboxylic acids is 1. The molecule has 154 valence electrons. The van der Waals surface area contributed by atoms with Crippen LogP contribution in [-0.4, -0.2) is 80.6 Å². The monoisotopic (exact) mass is 384 g/mol. The summed E-state index contributed by atoms with van der Waals surface area (Å²) in [5.41, 5.74) is 6.26. The summed E-state index contributed by atoms with van der Waals surface area (Å²) in [6.45, 7) is 5.11. The number of alkyl halides is 1. The van der Waals surface area contributed by atoms with Gasteiger partial charge in [-0.25, -0.2) is 9.40 Å². The van der Waals surface area contributed by atoms with E-state index in [1.165, 1.54) is 0 Å². The Hall–Kier alpha value is -0.840. The summed E-state index contributed by atoms with van der Waals surface area (Å²) in [4.78, 5) is 18.2. The number of nitrogens with zero attached hydrogens (tertiary/aromatic N) is 1. The van der Waals surface area contributed by atoms with Crippen LogP contribution in [0, 0.1) is 5.92 Å². The summed E-state index contributed by atoms with van der Waals surface area (Å²) in [7, 11) is 0. The number of amides is 1. The van der Waals surface area contributed by atoms with E-state index < -0.39 is 6.17 Å². The zero-order chi connectivity index (χ0) is 18.6. The highest BCUT2D eigenvalue weighted by molar-refractivity contribution is 5.82. The third kappa shape index (κ3) is 5.16. The number of hydrogen-bond donors (Lipinski definition) is 5. The Kier molecular flexibility index (Phi) is 6.57. The number of halogens is 1. The van der Waals surface area contributed by atoms with E-state index in [-0.39, 0.29) is 30.1 Å². The lowest BCUT2D eigenvalue weighted by molar-refractivity contribution is -0.124. The predicted molar refractivity (Wildman–Crippen MR) is 99.4 cm³/mol. The van der Waals surface area contributed by atoms with Crippen LogP contribution in [0.2, 0.25) is 0 Å². The highest BCUT2D eigenvalue weighted by Crippen LogP contribution is 2.27. The van der Waals surface area contributed by atoms with Crippen LogP contribution < -0.4 is 26.9 Å². The van der Waals surface area contributed by atoms with E-state index >= 15 is 0 Å². The number of hydrogen-bond acceptors (Lipinski definition) is 7. The van der Waals surface area contributed by atoms with Gasteiger partial charge in [0.05, 0.1) is 12.1 Å². The molecule has 5 N–H and O–H groups in total. The van der Waals surface area contributed by atoms with Crippen molar-refractivity contribution in [3.05, 3.63) is 0 Å². The van der Waals surface area contributed by atoms with Gasteiger partial charge in [-0.15, -0.1) is 0 Å². The number of carbonyl (C=O) groups is 1. The third-order valence-corrected chi connectivity index (χ3v) is 6.21. The van der Waals surface area contributed by atoms with Crippen molar-refractivity contribution < 1.29 is 14.0 Å². The summed E-state index contributed by atoms with van der Waals surface area (Å²) in [5, 5.41) is 12.1. The minimum Gasteiger partial charge on any atom is -0.349 e.